The molecule has 0 fully saturated rings. The predicted octanol–water partition coefficient (Wildman–Crippen LogP) is 2.17. The van der Waals surface area contributed by atoms with Gasteiger partial charge >= 0.3 is 0 Å². The SMILES string of the molecule is CCOc1nc(NCc2cccc(CO)c2)ccc1N. The van der Waals surface area contributed by atoms with E-state index in [0.717, 1.165) is 11.1 Å². The highest BCUT2D eigenvalue weighted by Gasteiger charge is 2.04. The van der Waals surface area contributed by atoms with Gasteiger partial charge in [-0.3, -0.25) is 0 Å². The Morgan fingerprint density at radius 3 is 2.80 bits per heavy atom. The van der Waals surface area contributed by atoms with E-state index in [-0.39, 0.29) is 6.61 Å². The van der Waals surface area contributed by atoms with E-state index >= 15 is 0 Å². The van der Waals surface area contributed by atoms with Gasteiger partial charge in [-0.05, 0) is 30.2 Å². The smallest absolute Gasteiger partial charge is 0.239 e. The maximum atomic E-state index is 9.11. The number of nitrogens with one attached hydrogen (secondary N) is 1. The Hall–Kier alpha value is -2.27. The molecule has 5 nitrogen and oxygen atoms in total. The standard InChI is InChI=1S/C15H19N3O2/c1-2-20-15-13(16)6-7-14(18-15)17-9-11-4-3-5-12(8-11)10-19/h3-8,19H,2,9-10,16H2,1H3,(H,17,18). The third kappa shape index (κ3) is 3.61. The second-order valence-electron chi connectivity index (χ2n) is 4.36. The lowest BCUT2D eigenvalue weighted by molar-refractivity contribution is 0.281. The molecule has 2 rings (SSSR count). The molecule has 1 heterocycles. The van der Waals surface area contributed by atoms with E-state index in [1.54, 1.807) is 6.07 Å². The molecule has 0 saturated heterocycles. The van der Waals surface area contributed by atoms with Crippen LogP contribution in [-0.4, -0.2) is 16.7 Å². The molecule has 0 bridgehead atoms. The van der Waals surface area contributed by atoms with Crippen molar-refractivity contribution in [3.05, 3.63) is 47.5 Å². The lowest BCUT2D eigenvalue weighted by Gasteiger charge is -2.10. The monoisotopic (exact) mass is 273 g/mol. The fourth-order valence-corrected chi connectivity index (χ4v) is 1.83. The fourth-order valence-electron chi connectivity index (χ4n) is 1.83. The molecule has 0 saturated carbocycles. The number of aromatic nitrogens is 1. The number of aliphatic hydroxyl groups is 1. The minimum absolute atomic E-state index is 0.0441. The van der Waals surface area contributed by atoms with Crippen LogP contribution in [-0.2, 0) is 13.2 Å². The number of rotatable bonds is 6. The summed E-state index contributed by atoms with van der Waals surface area (Å²) in [5.41, 5.74) is 8.28. The number of nitrogens with two attached hydrogens (primary N) is 1. The molecule has 0 atom stereocenters. The summed E-state index contributed by atoms with van der Waals surface area (Å²) in [6.07, 6.45) is 0. The minimum atomic E-state index is 0.0441. The fraction of sp³-hybridized carbons (Fsp3) is 0.267. The first-order chi connectivity index (χ1) is 9.72. The van der Waals surface area contributed by atoms with Crippen LogP contribution in [0, 0.1) is 0 Å². The molecule has 0 radical (unpaired) electrons. The Bertz CT molecular complexity index is 573. The van der Waals surface area contributed by atoms with E-state index in [0.29, 0.717) is 30.5 Å². The number of pyridine rings is 1. The van der Waals surface area contributed by atoms with Crippen molar-refractivity contribution in [3.8, 4) is 5.88 Å². The topological polar surface area (TPSA) is 80.4 Å². The van der Waals surface area contributed by atoms with Gasteiger partial charge in [-0.2, -0.15) is 4.98 Å². The number of hydrogen-bond donors (Lipinski definition) is 3. The molecule has 2 aromatic rings. The van der Waals surface area contributed by atoms with Crippen molar-refractivity contribution in [2.24, 2.45) is 0 Å². The molecule has 106 valence electrons. The molecule has 4 N–H and O–H groups in total. The van der Waals surface area contributed by atoms with Gasteiger partial charge in [-0.1, -0.05) is 24.3 Å². The molecular formula is C15H19N3O2. The molecule has 0 aliphatic heterocycles. The van der Waals surface area contributed by atoms with E-state index in [9.17, 15) is 0 Å². The number of nitrogens with zero attached hydrogens (tertiary/aromatic N) is 1. The zero-order chi connectivity index (χ0) is 14.4. The van der Waals surface area contributed by atoms with Crippen molar-refractivity contribution in [1.82, 2.24) is 4.98 Å². The summed E-state index contributed by atoms with van der Waals surface area (Å²) in [6, 6.07) is 11.3. The van der Waals surface area contributed by atoms with E-state index in [1.165, 1.54) is 0 Å². The van der Waals surface area contributed by atoms with Crippen LogP contribution in [0.5, 0.6) is 5.88 Å². The number of benzene rings is 1. The summed E-state index contributed by atoms with van der Waals surface area (Å²) in [6.45, 7) is 3.08. The van der Waals surface area contributed by atoms with Crippen LogP contribution in [0.3, 0.4) is 0 Å². The summed E-state index contributed by atoms with van der Waals surface area (Å²) >= 11 is 0. The van der Waals surface area contributed by atoms with Crippen LogP contribution in [0.4, 0.5) is 11.5 Å². The molecule has 0 spiro atoms. The summed E-state index contributed by atoms with van der Waals surface area (Å²) in [4.78, 5) is 4.31. The molecule has 1 aromatic carbocycles. The molecule has 5 heteroatoms. The van der Waals surface area contributed by atoms with Gasteiger partial charge in [0.2, 0.25) is 5.88 Å². The Labute approximate surface area is 118 Å². The predicted molar refractivity (Wildman–Crippen MR) is 79.5 cm³/mol. The van der Waals surface area contributed by atoms with Crippen molar-refractivity contribution in [3.63, 3.8) is 0 Å². The van der Waals surface area contributed by atoms with E-state index < -0.39 is 0 Å². The lowest BCUT2D eigenvalue weighted by atomic mass is 10.1. The first-order valence-electron chi connectivity index (χ1n) is 6.54. The molecule has 0 amide bonds. The number of ether oxygens (including phenoxy) is 1. The van der Waals surface area contributed by atoms with Crippen molar-refractivity contribution in [2.75, 3.05) is 17.7 Å². The van der Waals surface area contributed by atoms with Gasteiger partial charge in [0.15, 0.2) is 0 Å². The highest BCUT2D eigenvalue weighted by atomic mass is 16.5. The number of nitrogen functional groups attached to an aromatic ring is 1. The molecule has 0 unspecified atom stereocenters. The van der Waals surface area contributed by atoms with Gasteiger partial charge in [-0.15, -0.1) is 0 Å². The summed E-state index contributed by atoms with van der Waals surface area (Å²) in [5, 5.41) is 12.3. The van der Waals surface area contributed by atoms with E-state index in [1.807, 2.05) is 37.3 Å². The Kier molecular flexibility index (Phi) is 4.79. The molecule has 0 aliphatic carbocycles. The number of aliphatic hydroxyl groups excluding tert-OH is 1. The first-order valence-corrected chi connectivity index (χ1v) is 6.54. The largest absolute Gasteiger partial charge is 0.476 e. The molecule has 1 aromatic heterocycles. The number of hydrogen-bond acceptors (Lipinski definition) is 5. The van der Waals surface area contributed by atoms with Crippen LogP contribution in [0.2, 0.25) is 0 Å². The third-order valence-corrected chi connectivity index (χ3v) is 2.82. The van der Waals surface area contributed by atoms with Crippen molar-refractivity contribution >= 4 is 11.5 Å². The zero-order valence-corrected chi connectivity index (χ0v) is 11.5. The van der Waals surface area contributed by atoms with Crippen molar-refractivity contribution < 1.29 is 9.84 Å². The van der Waals surface area contributed by atoms with Gasteiger partial charge in [0, 0.05) is 6.54 Å². The van der Waals surface area contributed by atoms with Gasteiger partial charge < -0.3 is 20.9 Å². The Morgan fingerprint density at radius 2 is 2.05 bits per heavy atom. The molecule has 20 heavy (non-hydrogen) atoms. The van der Waals surface area contributed by atoms with Gasteiger partial charge in [0.25, 0.3) is 0 Å². The van der Waals surface area contributed by atoms with E-state index in [4.69, 9.17) is 15.6 Å². The number of anilines is 2. The maximum Gasteiger partial charge on any atom is 0.239 e. The second kappa shape index (κ2) is 6.77. The second-order valence-corrected chi connectivity index (χ2v) is 4.36. The third-order valence-electron chi connectivity index (χ3n) is 2.82. The lowest BCUT2D eigenvalue weighted by Crippen LogP contribution is -2.05. The minimum Gasteiger partial charge on any atom is -0.476 e. The summed E-state index contributed by atoms with van der Waals surface area (Å²) < 4.78 is 5.36. The average molecular weight is 273 g/mol. The quantitative estimate of drug-likeness (QED) is 0.751. The highest BCUT2D eigenvalue weighted by Crippen LogP contribution is 2.21. The maximum absolute atomic E-state index is 9.11. The average Bonchev–Trinajstić information content (AvgIpc) is 2.48. The Morgan fingerprint density at radius 1 is 1.25 bits per heavy atom. The van der Waals surface area contributed by atoms with Crippen LogP contribution < -0.4 is 15.8 Å². The van der Waals surface area contributed by atoms with Crippen molar-refractivity contribution in [2.45, 2.75) is 20.1 Å². The summed E-state index contributed by atoms with van der Waals surface area (Å²) in [5.74, 6) is 1.15. The zero-order valence-electron chi connectivity index (χ0n) is 11.5. The van der Waals surface area contributed by atoms with Crippen molar-refractivity contribution in [1.29, 1.82) is 0 Å². The summed E-state index contributed by atoms with van der Waals surface area (Å²) in [7, 11) is 0. The van der Waals surface area contributed by atoms with Gasteiger partial charge in [0.05, 0.1) is 18.9 Å². The van der Waals surface area contributed by atoms with Gasteiger partial charge in [0.1, 0.15) is 5.82 Å². The van der Waals surface area contributed by atoms with Gasteiger partial charge in [-0.25, -0.2) is 0 Å². The Balaban J connectivity index is 2.04. The van der Waals surface area contributed by atoms with Crippen LogP contribution in [0.1, 0.15) is 18.1 Å². The molecular weight excluding hydrogens is 254 g/mol. The van der Waals surface area contributed by atoms with Crippen LogP contribution >= 0.6 is 0 Å². The van der Waals surface area contributed by atoms with Crippen LogP contribution in [0.15, 0.2) is 36.4 Å². The normalized spacial score (nSPS) is 10.3. The van der Waals surface area contributed by atoms with E-state index in [2.05, 4.69) is 10.3 Å². The highest BCUT2D eigenvalue weighted by molar-refractivity contribution is 5.53. The molecule has 0 aliphatic rings. The van der Waals surface area contributed by atoms with Crippen LogP contribution in [0.25, 0.3) is 0 Å². The first kappa shape index (κ1) is 14.1.